The first-order chi connectivity index (χ1) is 14.8. The van der Waals surface area contributed by atoms with E-state index in [9.17, 15) is 13.2 Å². The summed E-state index contributed by atoms with van der Waals surface area (Å²) in [6, 6.07) is 18.8. The van der Waals surface area contributed by atoms with Gasteiger partial charge in [0.1, 0.15) is 0 Å². The molecule has 0 radical (unpaired) electrons. The van der Waals surface area contributed by atoms with E-state index in [1.165, 1.54) is 31.0 Å². The van der Waals surface area contributed by atoms with E-state index >= 15 is 0 Å². The van der Waals surface area contributed by atoms with Crippen molar-refractivity contribution < 1.29 is 13.2 Å². The Morgan fingerprint density at radius 3 is 2.45 bits per heavy atom. The number of fused-ring (bicyclic) bond motifs is 2. The molecule has 0 heterocycles. The third kappa shape index (κ3) is 4.65. The molecule has 0 fully saturated rings. The fourth-order valence-electron chi connectivity index (χ4n) is 4.19. The van der Waals surface area contributed by atoms with Crippen molar-refractivity contribution in [3.8, 4) is 0 Å². The summed E-state index contributed by atoms with van der Waals surface area (Å²) in [4.78, 5) is 12.8. The van der Waals surface area contributed by atoms with E-state index < -0.39 is 10.0 Å². The van der Waals surface area contributed by atoms with Crippen LogP contribution in [-0.2, 0) is 27.7 Å². The fraction of sp³-hybridized carbons (Fsp3) is 0.320. The summed E-state index contributed by atoms with van der Waals surface area (Å²) in [5.74, 6) is -0.322. The third-order valence-electron chi connectivity index (χ3n) is 6.05. The smallest absolute Gasteiger partial charge is 0.243 e. The molecule has 4 rings (SSSR count). The zero-order valence-electron chi connectivity index (χ0n) is 18.0. The number of carbonyl (C=O) groups excluding carboxylic acids is 1. The molecule has 1 N–H and O–H groups in total. The molecule has 3 aromatic rings. The van der Waals surface area contributed by atoms with Gasteiger partial charge in [0, 0.05) is 7.05 Å². The molecule has 162 valence electrons. The Bertz CT molecular complexity index is 1220. The maximum absolute atomic E-state index is 13.0. The average molecular weight is 437 g/mol. The average Bonchev–Trinajstić information content (AvgIpc) is 2.78. The van der Waals surface area contributed by atoms with E-state index in [2.05, 4.69) is 23.5 Å². The molecule has 0 aliphatic heterocycles. The number of amides is 1. The van der Waals surface area contributed by atoms with Crippen LogP contribution in [0.3, 0.4) is 0 Å². The number of hydrogen-bond donors (Lipinski definition) is 1. The molecule has 1 aliphatic carbocycles. The second-order valence-electron chi connectivity index (χ2n) is 8.29. The van der Waals surface area contributed by atoms with Crippen LogP contribution in [0.15, 0.2) is 65.6 Å². The lowest BCUT2D eigenvalue weighted by molar-refractivity contribution is -0.121. The molecule has 6 heteroatoms. The van der Waals surface area contributed by atoms with Crippen molar-refractivity contribution in [3.05, 3.63) is 77.4 Å². The summed E-state index contributed by atoms with van der Waals surface area (Å²) in [6.07, 6.45) is 4.63. The van der Waals surface area contributed by atoms with Gasteiger partial charge in [-0.05, 0) is 72.2 Å². The van der Waals surface area contributed by atoms with Gasteiger partial charge in [-0.15, -0.1) is 0 Å². The lowest BCUT2D eigenvalue weighted by Gasteiger charge is -2.21. The highest BCUT2D eigenvalue weighted by Gasteiger charge is 2.24. The van der Waals surface area contributed by atoms with E-state index in [0.717, 1.165) is 33.5 Å². The lowest BCUT2D eigenvalue weighted by Crippen LogP contribution is -2.39. The fourth-order valence-corrected chi connectivity index (χ4v) is 5.35. The van der Waals surface area contributed by atoms with Gasteiger partial charge >= 0.3 is 0 Å². The van der Waals surface area contributed by atoms with Crippen molar-refractivity contribution in [1.29, 1.82) is 0 Å². The first-order valence-corrected chi connectivity index (χ1v) is 12.1. The molecular weight excluding hydrogens is 408 g/mol. The predicted molar refractivity (Wildman–Crippen MR) is 123 cm³/mol. The van der Waals surface area contributed by atoms with E-state index in [1.807, 2.05) is 31.2 Å². The van der Waals surface area contributed by atoms with Gasteiger partial charge in [0.15, 0.2) is 0 Å². The number of nitrogens with one attached hydrogen (secondary N) is 1. The topological polar surface area (TPSA) is 66.5 Å². The number of benzene rings is 3. The van der Waals surface area contributed by atoms with E-state index in [4.69, 9.17) is 0 Å². The standard InChI is InChI=1S/C25H28N2O3S/c1-18(21-12-11-19-7-3-5-9-22(19)15-21)26-25(28)17-27(2)31(29,30)24-14-13-20-8-4-6-10-23(20)16-24/h4,6,8,10-16,18H,3,5,7,9,17H2,1-2H3,(H,26,28)/t18-/m0/s1. The van der Waals surface area contributed by atoms with Crippen LogP contribution < -0.4 is 5.32 Å². The molecule has 0 unspecified atom stereocenters. The SMILES string of the molecule is C[C@H](NC(=O)CN(C)S(=O)(=O)c1ccc2ccccc2c1)c1ccc2c(c1)CCCC2. The second kappa shape index (κ2) is 8.81. The van der Waals surface area contributed by atoms with Crippen LogP contribution in [-0.4, -0.2) is 32.2 Å². The highest BCUT2D eigenvalue weighted by molar-refractivity contribution is 7.89. The number of hydrogen-bond acceptors (Lipinski definition) is 3. The third-order valence-corrected chi connectivity index (χ3v) is 7.84. The molecule has 0 saturated heterocycles. The maximum Gasteiger partial charge on any atom is 0.243 e. The van der Waals surface area contributed by atoms with Gasteiger partial charge in [-0.25, -0.2) is 8.42 Å². The second-order valence-corrected chi connectivity index (χ2v) is 10.3. The number of sulfonamides is 1. The summed E-state index contributed by atoms with van der Waals surface area (Å²) in [7, 11) is -2.33. The quantitative estimate of drug-likeness (QED) is 0.629. The maximum atomic E-state index is 13.0. The van der Waals surface area contributed by atoms with E-state index in [0.29, 0.717) is 0 Å². The molecule has 1 aliphatic rings. The molecule has 3 aromatic carbocycles. The van der Waals surface area contributed by atoms with Crippen molar-refractivity contribution in [1.82, 2.24) is 9.62 Å². The molecule has 0 saturated carbocycles. The van der Waals surface area contributed by atoms with Crippen molar-refractivity contribution in [2.45, 2.75) is 43.5 Å². The Labute approximate surface area is 184 Å². The Kier molecular flexibility index (Phi) is 6.12. The van der Waals surface area contributed by atoms with Crippen LogP contribution in [0.25, 0.3) is 10.8 Å². The minimum atomic E-state index is -3.77. The Morgan fingerprint density at radius 2 is 1.68 bits per heavy atom. The van der Waals surface area contributed by atoms with Crippen LogP contribution in [0, 0.1) is 0 Å². The Morgan fingerprint density at radius 1 is 0.968 bits per heavy atom. The van der Waals surface area contributed by atoms with Crippen molar-refractivity contribution >= 4 is 26.7 Å². The number of nitrogens with zero attached hydrogens (tertiary/aromatic N) is 1. The first-order valence-electron chi connectivity index (χ1n) is 10.7. The zero-order valence-corrected chi connectivity index (χ0v) is 18.8. The number of aryl methyl sites for hydroxylation is 2. The van der Waals surface area contributed by atoms with Gasteiger partial charge in [0.2, 0.25) is 15.9 Å². The number of likely N-dealkylation sites (N-methyl/N-ethyl adjacent to an activating group) is 1. The lowest BCUT2D eigenvalue weighted by atomic mass is 9.89. The summed E-state index contributed by atoms with van der Waals surface area (Å²) in [5, 5.41) is 4.76. The first kappa shape index (κ1) is 21.5. The normalized spacial score (nSPS) is 14.9. The van der Waals surface area contributed by atoms with Gasteiger partial charge in [-0.1, -0.05) is 48.5 Å². The number of rotatable bonds is 6. The van der Waals surface area contributed by atoms with Crippen LogP contribution >= 0.6 is 0 Å². The minimum absolute atomic E-state index is 0.184. The predicted octanol–water partition coefficient (Wildman–Crippen LogP) is 4.22. The van der Waals surface area contributed by atoms with Crippen molar-refractivity contribution in [2.75, 3.05) is 13.6 Å². The van der Waals surface area contributed by atoms with Gasteiger partial charge < -0.3 is 5.32 Å². The Balaban J connectivity index is 1.43. The summed E-state index contributed by atoms with van der Waals surface area (Å²) in [5.41, 5.74) is 3.81. The highest BCUT2D eigenvalue weighted by Crippen LogP contribution is 2.25. The van der Waals surface area contributed by atoms with Gasteiger partial charge in [-0.3, -0.25) is 4.79 Å². The van der Waals surface area contributed by atoms with Gasteiger partial charge in [0.25, 0.3) is 0 Å². The highest BCUT2D eigenvalue weighted by atomic mass is 32.2. The summed E-state index contributed by atoms with van der Waals surface area (Å²) >= 11 is 0. The summed E-state index contributed by atoms with van der Waals surface area (Å²) in [6.45, 7) is 1.70. The van der Waals surface area contributed by atoms with Crippen LogP contribution in [0.4, 0.5) is 0 Å². The van der Waals surface area contributed by atoms with Gasteiger partial charge in [-0.2, -0.15) is 4.31 Å². The molecule has 0 aromatic heterocycles. The minimum Gasteiger partial charge on any atom is -0.348 e. The van der Waals surface area contributed by atoms with E-state index in [1.54, 1.807) is 18.2 Å². The monoisotopic (exact) mass is 436 g/mol. The molecule has 0 bridgehead atoms. The summed E-state index contributed by atoms with van der Waals surface area (Å²) < 4.78 is 27.1. The largest absolute Gasteiger partial charge is 0.348 e. The molecule has 31 heavy (non-hydrogen) atoms. The van der Waals surface area contributed by atoms with E-state index in [-0.39, 0.29) is 23.4 Å². The number of carbonyl (C=O) groups is 1. The molecular formula is C25H28N2O3S. The molecule has 5 nitrogen and oxygen atoms in total. The van der Waals surface area contributed by atoms with Crippen LogP contribution in [0.5, 0.6) is 0 Å². The Hall–Kier alpha value is -2.70. The molecule has 1 atom stereocenters. The molecule has 0 spiro atoms. The van der Waals surface area contributed by atoms with Gasteiger partial charge in [0.05, 0.1) is 17.5 Å². The van der Waals surface area contributed by atoms with Crippen molar-refractivity contribution in [3.63, 3.8) is 0 Å². The van der Waals surface area contributed by atoms with Crippen LogP contribution in [0.1, 0.15) is 42.5 Å². The van der Waals surface area contributed by atoms with Crippen molar-refractivity contribution in [2.24, 2.45) is 0 Å². The molecule has 1 amide bonds. The zero-order chi connectivity index (χ0) is 22.0. The van der Waals surface area contributed by atoms with Crippen LogP contribution in [0.2, 0.25) is 0 Å².